The average Bonchev–Trinajstić information content (AvgIpc) is 3.01. The highest BCUT2D eigenvalue weighted by Crippen LogP contribution is 2.33. The highest BCUT2D eigenvalue weighted by molar-refractivity contribution is 7.11. The molecule has 0 aromatic carbocycles. The Morgan fingerprint density at radius 2 is 2.06 bits per heavy atom. The molecule has 2 unspecified atom stereocenters. The maximum atomic E-state index is 5.73. The molecule has 1 N–H and O–H groups in total. The highest BCUT2D eigenvalue weighted by atomic mass is 32.1. The summed E-state index contributed by atoms with van der Waals surface area (Å²) in [6.07, 6.45) is 6.20. The minimum Gasteiger partial charge on any atom is -0.371 e. The van der Waals surface area contributed by atoms with Crippen molar-refractivity contribution in [2.24, 2.45) is 0 Å². The molecule has 0 saturated carbocycles. The lowest BCUT2D eigenvalue weighted by molar-refractivity contribution is 0.0144. The van der Waals surface area contributed by atoms with Crippen LogP contribution in [0.4, 0.5) is 0 Å². The Balaban J connectivity index is 1.71. The lowest BCUT2D eigenvalue weighted by atomic mass is 10.1. The third-order valence-electron chi connectivity index (χ3n) is 3.27. The summed E-state index contributed by atoms with van der Waals surface area (Å²) in [5.74, 6) is 0. The molecule has 1 aromatic rings. The Bertz CT molecular complexity index is 343. The van der Waals surface area contributed by atoms with Crippen molar-refractivity contribution < 1.29 is 4.74 Å². The van der Waals surface area contributed by atoms with Gasteiger partial charge >= 0.3 is 0 Å². The topological polar surface area (TPSA) is 47.0 Å². The largest absolute Gasteiger partial charge is 0.371 e. The van der Waals surface area contributed by atoms with E-state index in [1.54, 1.807) is 11.3 Å². The highest BCUT2D eigenvalue weighted by Gasteiger charge is 2.24. The van der Waals surface area contributed by atoms with Gasteiger partial charge in [-0.3, -0.25) is 0 Å². The summed E-state index contributed by atoms with van der Waals surface area (Å²) >= 11 is 1.73. The molecule has 88 valence electrons. The predicted octanol–water partition coefficient (Wildman–Crippen LogP) is 2.20. The van der Waals surface area contributed by atoms with Crippen LogP contribution in [-0.2, 0) is 4.74 Å². The Hall–Kier alpha value is -0.520. The Kier molecular flexibility index (Phi) is 3.17. The normalized spacial score (nSPS) is 30.8. The minimum atomic E-state index is 0.210. The fourth-order valence-electron chi connectivity index (χ4n) is 2.35. The van der Waals surface area contributed by atoms with Gasteiger partial charge in [0.1, 0.15) is 16.1 Å². The number of nitrogens with one attached hydrogen (secondary N) is 1. The first kappa shape index (κ1) is 10.6. The first-order chi connectivity index (χ1) is 7.93. The number of ether oxygens (including phenoxy) is 1. The zero-order valence-corrected chi connectivity index (χ0v) is 10.1. The van der Waals surface area contributed by atoms with E-state index in [0.29, 0.717) is 6.04 Å². The van der Waals surface area contributed by atoms with Crippen LogP contribution < -0.4 is 5.32 Å². The molecule has 1 aromatic heterocycles. The second-order valence-corrected chi connectivity index (χ2v) is 5.52. The number of rotatable bonds is 2. The van der Waals surface area contributed by atoms with E-state index < -0.39 is 0 Å². The third-order valence-corrected chi connectivity index (χ3v) is 4.40. The van der Waals surface area contributed by atoms with Crippen molar-refractivity contribution in [2.75, 3.05) is 13.2 Å². The number of nitrogens with zero attached hydrogens (tertiary/aromatic N) is 2. The van der Waals surface area contributed by atoms with E-state index >= 15 is 0 Å². The summed E-state index contributed by atoms with van der Waals surface area (Å²) < 4.78 is 5.73. The van der Waals surface area contributed by atoms with Crippen molar-refractivity contribution in [3.05, 3.63) is 10.0 Å². The first-order valence-electron chi connectivity index (χ1n) is 6.12. The van der Waals surface area contributed by atoms with Crippen LogP contribution in [0.25, 0.3) is 0 Å². The quantitative estimate of drug-likeness (QED) is 0.859. The van der Waals surface area contributed by atoms with Crippen molar-refractivity contribution >= 4 is 11.3 Å². The van der Waals surface area contributed by atoms with Crippen LogP contribution in [0.1, 0.15) is 54.3 Å². The van der Waals surface area contributed by atoms with E-state index in [1.165, 1.54) is 25.7 Å². The number of aromatic nitrogens is 2. The zero-order chi connectivity index (χ0) is 10.8. The molecule has 0 radical (unpaired) electrons. The summed E-state index contributed by atoms with van der Waals surface area (Å²) in [7, 11) is 0. The van der Waals surface area contributed by atoms with E-state index in [0.717, 1.165) is 29.6 Å². The van der Waals surface area contributed by atoms with Crippen molar-refractivity contribution in [3.8, 4) is 0 Å². The molecule has 0 bridgehead atoms. The zero-order valence-electron chi connectivity index (χ0n) is 9.32. The van der Waals surface area contributed by atoms with Gasteiger partial charge in [-0.05, 0) is 38.6 Å². The molecule has 2 saturated heterocycles. The Morgan fingerprint density at radius 3 is 2.81 bits per heavy atom. The molecule has 0 spiro atoms. The SMILES string of the molecule is C1CCC(c2nnc(C3CCCN3)s2)OC1. The van der Waals surface area contributed by atoms with E-state index in [4.69, 9.17) is 4.74 Å². The van der Waals surface area contributed by atoms with Crippen molar-refractivity contribution in [1.29, 1.82) is 0 Å². The molecule has 2 atom stereocenters. The molecular weight excluding hydrogens is 222 g/mol. The minimum absolute atomic E-state index is 0.210. The molecule has 2 fully saturated rings. The molecule has 0 amide bonds. The monoisotopic (exact) mass is 239 g/mol. The Labute approximate surface area is 99.4 Å². The van der Waals surface area contributed by atoms with E-state index in [2.05, 4.69) is 15.5 Å². The van der Waals surface area contributed by atoms with Crippen molar-refractivity contribution in [3.63, 3.8) is 0 Å². The predicted molar refractivity (Wildman–Crippen MR) is 62.4 cm³/mol. The molecule has 5 heteroatoms. The molecule has 3 heterocycles. The second kappa shape index (κ2) is 4.77. The maximum Gasteiger partial charge on any atom is 0.146 e. The van der Waals surface area contributed by atoms with Gasteiger partial charge in [0, 0.05) is 6.61 Å². The average molecular weight is 239 g/mol. The van der Waals surface area contributed by atoms with Gasteiger partial charge in [-0.2, -0.15) is 0 Å². The van der Waals surface area contributed by atoms with Crippen LogP contribution in [0.2, 0.25) is 0 Å². The molecule has 4 nitrogen and oxygen atoms in total. The van der Waals surface area contributed by atoms with Gasteiger partial charge in [-0.1, -0.05) is 11.3 Å². The molecule has 3 rings (SSSR count). The van der Waals surface area contributed by atoms with Gasteiger partial charge in [-0.15, -0.1) is 10.2 Å². The Morgan fingerprint density at radius 1 is 1.12 bits per heavy atom. The van der Waals surface area contributed by atoms with Crippen LogP contribution >= 0.6 is 11.3 Å². The van der Waals surface area contributed by atoms with Crippen LogP contribution in [0.3, 0.4) is 0 Å². The van der Waals surface area contributed by atoms with Gasteiger partial charge in [-0.25, -0.2) is 0 Å². The van der Waals surface area contributed by atoms with Crippen molar-refractivity contribution in [2.45, 2.75) is 44.2 Å². The lowest BCUT2D eigenvalue weighted by Gasteiger charge is -2.19. The molecule has 2 aliphatic heterocycles. The molecule has 0 aliphatic carbocycles. The molecular formula is C11H17N3OS. The van der Waals surface area contributed by atoms with Crippen LogP contribution in [0, 0.1) is 0 Å². The van der Waals surface area contributed by atoms with Gasteiger partial charge in [0.15, 0.2) is 0 Å². The van der Waals surface area contributed by atoms with Crippen LogP contribution in [0.15, 0.2) is 0 Å². The molecule has 16 heavy (non-hydrogen) atoms. The smallest absolute Gasteiger partial charge is 0.146 e. The maximum absolute atomic E-state index is 5.73. The van der Waals surface area contributed by atoms with Gasteiger partial charge < -0.3 is 10.1 Å². The standard InChI is InChI=1S/C11H17N3OS/c1-2-7-15-9(5-1)11-14-13-10(16-11)8-4-3-6-12-8/h8-9,12H,1-7H2. The summed E-state index contributed by atoms with van der Waals surface area (Å²) in [6, 6.07) is 0.440. The fraction of sp³-hybridized carbons (Fsp3) is 0.818. The fourth-order valence-corrected chi connectivity index (χ4v) is 3.39. The summed E-state index contributed by atoms with van der Waals surface area (Å²) in [5.41, 5.74) is 0. The molecule has 2 aliphatic rings. The summed E-state index contributed by atoms with van der Waals surface area (Å²) in [4.78, 5) is 0. The summed E-state index contributed by atoms with van der Waals surface area (Å²) in [5, 5.41) is 14.3. The number of hydrogen-bond acceptors (Lipinski definition) is 5. The van der Waals surface area contributed by atoms with Gasteiger partial charge in [0.2, 0.25) is 0 Å². The summed E-state index contributed by atoms with van der Waals surface area (Å²) in [6.45, 7) is 1.99. The lowest BCUT2D eigenvalue weighted by Crippen LogP contribution is -2.12. The van der Waals surface area contributed by atoms with Crippen molar-refractivity contribution in [1.82, 2.24) is 15.5 Å². The second-order valence-electron chi connectivity index (χ2n) is 4.48. The first-order valence-corrected chi connectivity index (χ1v) is 6.93. The van der Waals surface area contributed by atoms with E-state index in [1.807, 2.05) is 0 Å². The number of hydrogen-bond donors (Lipinski definition) is 1. The van der Waals surface area contributed by atoms with Gasteiger partial charge in [0.05, 0.1) is 6.04 Å². The van der Waals surface area contributed by atoms with Crippen LogP contribution in [-0.4, -0.2) is 23.3 Å². The third kappa shape index (κ3) is 2.12. The van der Waals surface area contributed by atoms with E-state index in [9.17, 15) is 0 Å². The van der Waals surface area contributed by atoms with E-state index in [-0.39, 0.29) is 6.10 Å². The van der Waals surface area contributed by atoms with Gasteiger partial charge in [0.25, 0.3) is 0 Å². The van der Waals surface area contributed by atoms with Crippen LogP contribution in [0.5, 0.6) is 0 Å².